The maximum atomic E-state index is 12.6. The van der Waals surface area contributed by atoms with E-state index >= 15 is 0 Å². The minimum Gasteiger partial charge on any atom is -0.476 e. The molecule has 1 unspecified atom stereocenters. The van der Waals surface area contributed by atoms with Crippen molar-refractivity contribution < 1.29 is 14.6 Å². The minimum absolute atomic E-state index is 0.114. The number of ether oxygens (including phenoxy) is 1. The zero-order valence-electron chi connectivity index (χ0n) is 12.9. The summed E-state index contributed by atoms with van der Waals surface area (Å²) in [6, 6.07) is 18.8. The number of aliphatic hydroxyl groups excluding tert-OH is 1. The first-order valence-electron chi connectivity index (χ1n) is 7.88. The standard InChI is InChI=1S/C19H21NO3/c21-14-19(11-12-19)13-20-18(22)17(15-7-3-1-4-8-15)23-16-9-5-2-6-10-16/h1-10,17,21H,11-14H2,(H,20,22). The van der Waals surface area contributed by atoms with Crippen LogP contribution >= 0.6 is 0 Å². The van der Waals surface area contributed by atoms with Crippen LogP contribution in [0, 0.1) is 5.41 Å². The van der Waals surface area contributed by atoms with E-state index in [2.05, 4.69) is 5.32 Å². The SMILES string of the molecule is O=C(NCC1(CO)CC1)C(Oc1ccccc1)c1ccccc1. The first-order valence-corrected chi connectivity index (χ1v) is 7.88. The van der Waals surface area contributed by atoms with Crippen molar-refractivity contribution in [2.75, 3.05) is 13.2 Å². The molecule has 4 heteroatoms. The van der Waals surface area contributed by atoms with Gasteiger partial charge in [-0.05, 0) is 25.0 Å². The molecule has 0 spiro atoms. The number of para-hydroxylation sites is 1. The molecule has 1 aliphatic rings. The number of aliphatic hydroxyl groups is 1. The Balaban J connectivity index is 1.73. The second-order valence-corrected chi connectivity index (χ2v) is 6.10. The van der Waals surface area contributed by atoms with Crippen molar-refractivity contribution in [3.05, 3.63) is 66.2 Å². The molecule has 0 aliphatic heterocycles. The molecule has 0 aromatic heterocycles. The number of carbonyl (C=O) groups is 1. The molecule has 0 radical (unpaired) electrons. The second kappa shape index (κ2) is 6.84. The van der Waals surface area contributed by atoms with E-state index in [1.807, 2.05) is 60.7 Å². The molecule has 4 nitrogen and oxygen atoms in total. The molecule has 0 heterocycles. The van der Waals surface area contributed by atoms with E-state index in [-0.39, 0.29) is 17.9 Å². The van der Waals surface area contributed by atoms with Gasteiger partial charge in [-0.1, -0.05) is 48.5 Å². The monoisotopic (exact) mass is 311 g/mol. The summed E-state index contributed by atoms with van der Waals surface area (Å²) >= 11 is 0. The maximum absolute atomic E-state index is 12.6. The largest absolute Gasteiger partial charge is 0.476 e. The Bertz CT molecular complexity index is 638. The Labute approximate surface area is 136 Å². The van der Waals surface area contributed by atoms with Gasteiger partial charge in [0.2, 0.25) is 6.10 Å². The highest BCUT2D eigenvalue weighted by atomic mass is 16.5. The molecular weight excluding hydrogens is 290 g/mol. The van der Waals surface area contributed by atoms with Crippen LogP contribution in [0.5, 0.6) is 5.75 Å². The third-order valence-electron chi connectivity index (χ3n) is 4.27. The lowest BCUT2D eigenvalue weighted by molar-refractivity contribution is -0.128. The van der Waals surface area contributed by atoms with Crippen LogP contribution in [0.1, 0.15) is 24.5 Å². The van der Waals surface area contributed by atoms with Crippen molar-refractivity contribution in [2.45, 2.75) is 18.9 Å². The Morgan fingerprint density at radius 1 is 1.09 bits per heavy atom. The molecule has 2 N–H and O–H groups in total. The lowest BCUT2D eigenvalue weighted by Gasteiger charge is -2.21. The molecule has 2 aromatic carbocycles. The molecule has 1 saturated carbocycles. The van der Waals surface area contributed by atoms with Crippen molar-refractivity contribution >= 4 is 5.91 Å². The van der Waals surface area contributed by atoms with Crippen LogP contribution in [0.4, 0.5) is 0 Å². The van der Waals surface area contributed by atoms with Gasteiger partial charge in [-0.3, -0.25) is 4.79 Å². The first-order chi connectivity index (χ1) is 11.2. The number of hydrogen-bond acceptors (Lipinski definition) is 3. The first kappa shape index (κ1) is 15.6. The third-order valence-corrected chi connectivity index (χ3v) is 4.27. The van der Waals surface area contributed by atoms with Gasteiger partial charge in [-0.2, -0.15) is 0 Å². The lowest BCUT2D eigenvalue weighted by atomic mass is 10.1. The molecule has 0 bridgehead atoms. The van der Waals surface area contributed by atoms with Gasteiger partial charge < -0.3 is 15.2 Å². The molecular formula is C19H21NO3. The van der Waals surface area contributed by atoms with Crippen LogP contribution in [-0.4, -0.2) is 24.2 Å². The zero-order valence-corrected chi connectivity index (χ0v) is 12.9. The Morgan fingerprint density at radius 3 is 2.26 bits per heavy atom. The number of benzene rings is 2. The minimum atomic E-state index is -0.701. The number of hydrogen-bond donors (Lipinski definition) is 2. The highest BCUT2D eigenvalue weighted by Gasteiger charge is 2.42. The third kappa shape index (κ3) is 3.90. The molecule has 1 atom stereocenters. The summed E-state index contributed by atoms with van der Waals surface area (Å²) in [5.74, 6) is 0.472. The average Bonchev–Trinajstić information content (AvgIpc) is 3.40. The van der Waals surface area contributed by atoms with Gasteiger partial charge in [-0.25, -0.2) is 0 Å². The summed E-state index contributed by atoms with van der Waals surface area (Å²) in [6.07, 6.45) is 1.21. The fourth-order valence-electron chi connectivity index (χ4n) is 2.47. The van der Waals surface area contributed by atoms with E-state index in [1.165, 1.54) is 0 Å². The molecule has 120 valence electrons. The molecule has 0 saturated heterocycles. The van der Waals surface area contributed by atoms with Gasteiger partial charge in [0.1, 0.15) is 5.75 Å². The maximum Gasteiger partial charge on any atom is 0.265 e. The fraction of sp³-hybridized carbons (Fsp3) is 0.316. The molecule has 23 heavy (non-hydrogen) atoms. The van der Waals surface area contributed by atoms with Gasteiger partial charge in [-0.15, -0.1) is 0 Å². The Kier molecular flexibility index (Phi) is 4.63. The van der Waals surface area contributed by atoms with Crippen molar-refractivity contribution in [2.24, 2.45) is 5.41 Å². The van der Waals surface area contributed by atoms with E-state index in [0.717, 1.165) is 18.4 Å². The number of amides is 1. The molecule has 3 rings (SSSR count). The van der Waals surface area contributed by atoms with Crippen LogP contribution in [0.3, 0.4) is 0 Å². The zero-order chi connectivity index (χ0) is 16.1. The summed E-state index contributed by atoms with van der Waals surface area (Å²) in [7, 11) is 0. The molecule has 2 aromatic rings. The Morgan fingerprint density at radius 2 is 1.70 bits per heavy atom. The fourth-order valence-corrected chi connectivity index (χ4v) is 2.47. The van der Waals surface area contributed by atoms with Crippen LogP contribution < -0.4 is 10.1 Å². The van der Waals surface area contributed by atoms with E-state index < -0.39 is 6.10 Å². The van der Waals surface area contributed by atoms with Crippen molar-refractivity contribution in [3.8, 4) is 5.75 Å². The average molecular weight is 311 g/mol. The molecule has 1 fully saturated rings. The summed E-state index contributed by atoms with van der Waals surface area (Å²) in [6.45, 7) is 0.604. The topological polar surface area (TPSA) is 58.6 Å². The van der Waals surface area contributed by atoms with Gasteiger partial charge in [0.25, 0.3) is 5.91 Å². The molecule has 1 aliphatic carbocycles. The summed E-state index contributed by atoms with van der Waals surface area (Å²) < 4.78 is 5.91. The summed E-state index contributed by atoms with van der Waals surface area (Å²) in [5.41, 5.74) is 0.687. The van der Waals surface area contributed by atoms with Crippen LogP contribution in [0.25, 0.3) is 0 Å². The van der Waals surface area contributed by atoms with E-state index in [0.29, 0.717) is 12.3 Å². The van der Waals surface area contributed by atoms with Crippen molar-refractivity contribution in [1.82, 2.24) is 5.32 Å². The predicted molar refractivity (Wildman–Crippen MR) is 88.0 cm³/mol. The van der Waals surface area contributed by atoms with E-state index in [9.17, 15) is 9.90 Å². The van der Waals surface area contributed by atoms with Gasteiger partial charge in [0.15, 0.2) is 0 Å². The van der Waals surface area contributed by atoms with Crippen molar-refractivity contribution in [1.29, 1.82) is 0 Å². The molecule has 1 amide bonds. The lowest BCUT2D eigenvalue weighted by Crippen LogP contribution is -2.37. The van der Waals surface area contributed by atoms with E-state index in [1.54, 1.807) is 0 Å². The van der Waals surface area contributed by atoms with Gasteiger partial charge >= 0.3 is 0 Å². The van der Waals surface area contributed by atoms with Crippen LogP contribution in [0.2, 0.25) is 0 Å². The smallest absolute Gasteiger partial charge is 0.265 e. The van der Waals surface area contributed by atoms with Crippen molar-refractivity contribution in [3.63, 3.8) is 0 Å². The number of nitrogens with one attached hydrogen (secondary N) is 1. The normalized spacial score (nSPS) is 16.4. The van der Waals surface area contributed by atoms with E-state index in [4.69, 9.17) is 4.74 Å². The number of carbonyl (C=O) groups excluding carboxylic acids is 1. The van der Waals surface area contributed by atoms with Crippen LogP contribution in [0.15, 0.2) is 60.7 Å². The van der Waals surface area contributed by atoms with Gasteiger partial charge in [0.05, 0.1) is 6.61 Å². The van der Waals surface area contributed by atoms with Crippen LogP contribution in [-0.2, 0) is 4.79 Å². The quantitative estimate of drug-likeness (QED) is 0.826. The predicted octanol–water partition coefficient (Wildman–Crippen LogP) is 2.70. The number of rotatable bonds is 7. The highest BCUT2D eigenvalue weighted by molar-refractivity contribution is 5.82. The van der Waals surface area contributed by atoms with Gasteiger partial charge in [0, 0.05) is 17.5 Å². The summed E-state index contributed by atoms with van der Waals surface area (Å²) in [4.78, 5) is 12.6. The highest BCUT2D eigenvalue weighted by Crippen LogP contribution is 2.44. The summed E-state index contributed by atoms with van der Waals surface area (Å²) in [5, 5.41) is 12.3. The second-order valence-electron chi connectivity index (χ2n) is 6.10. The Hall–Kier alpha value is -2.33.